The van der Waals surface area contributed by atoms with Crippen LogP contribution in [0.4, 0.5) is 0 Å². The molecular weight excluding hydrogens is 294 g/mol. The molecular formula is C14H21NO5S. The Labute approximate surface area is 124 Å². The maximum atomic E-state index is 12.5. The molecule has 0 spiro atoms. The Morgan fingerprint density at radius 2 is 2.10 bits per heavy atom. The van der Waals surface area contributed by atoms with Crippen molar-refractivity contribution in [1.29, 1.82) is 0 Å². The summed E-state index contributed by atoms with van der Waals surface area (Å²) in [6.45, 7) is 0.229. The predicted molar refractivity (Wildman–Crippen MR) is 77.2 cm³/mol. The van der Waals surface area contributed by atoms with Crippen molar-refractivity contribution in [3.05, 3.63) is 24.2 Å². The fourth-order valence-electron chi connectivity index (χ4n) is 2.73. The van der Waals surface area contributed by atoms with Gasteiger partial charge in [0.2, 0.25) is 10.0 Å². The molecule has 1 N–H and O–H groups in total. The zero-order valence-electron chi connectivity index (χ0n) is 11.9. The Morgan fingerprint density at radius 3 is 2.67 bits per heavy atom. The van der Waals surface area contributed by atoms with Crippen LogP contribution in [0.5, 0.6) is 0 Å². The average Bonchev–Trinajstić information content (AvgIpc) is 3.08. The van der Waals surface area contributed by atoms with Crippen molar-refractivity contribution >= 4 is 16.0 Å². The first-order chi connectivity index (χ1) is 9.99. The Bertz CT molecular complexity index is 546. The summed E-state index contributed by atoms with van der Waals surface area (Å²) in [7, 11) is -3.47. The molecule has 1 saturated carbocycles. The number of hydrogen-bond acceptors (Lipinski definition) is 4. The van der Waals surface area contributed by atoms with Gasteiger partial charge in [0.05, 0.1) is 18.6 Å². The van der Waals surface area contributed by atoms with Gasteiger partial charge in [-0.05, 0) is 31.4 Å². The molecule has 0 atom stereocenters. The Balaban J connectivity index is 2.07. The van der Waals surface area contributed by atoms with Gasteiger partial charge in [0.25, 0.3) is 0 Å². The zero-order valence-corrected chi connectivity index (χ0v) is 12.7. The minimum absolute atomic E-state index is 0.00456. The number of sulfonamides is 1. The number of carboxylic acids is 1. The summed E-state index contributed by atoms with van der Waals surface area (Å²) in [5.41, 5.74) is 0. The quantitative estimate of drug-likeness (QED) is 0.794. The number of aliphatic carboxylic acids is 1. The van der Waals surface area contributed by atoms with Gasteiger partial charge in [-0.15, -0.1) is 0 Å². The van der Waals surface area contributed by atoms with Gasteiger partial charge in [-0.2, -0.15) is 4.31 Å². The van der Waals surface area contributed by atoms with Crippen LogP contribution in [0.3, 0.4) is 0 Å². The van der Waals surface area contributed by atoms with E-state index in [0.29, 0.717) is 5.76 Å². The van der Waals surface area contributed by atoms with Crippen LogP contribution in [0.25, 0.3) is 0 Å². The first kappa shape index (κ1) is 16.0. The van der Waals surface area contributed by atoms with Crippen LogP contribution in [0.1, 0.15) is 44.3 Å². The van der Waals surface area contributed by atoms with E-state index in [4.69, 9.17) is 9.52 Å². The standard InChI is InChI=1S/C14H21NO5S/c16-14(17)8-4-10-21(18,19)15(12-5-1-2-6-12)11-13-7-3-9-20-13/h3,7,9,12H,1-2,4-6,8,10-11H2,(H,16,17). The summed E-state index contributed by atoms with van der Waals surface area (Å²) in [5.74, 6) is -0.483. The molecule has 0 amide bonds. The molecule has 0 saturated heterocycles. The van der Waals surface area contributed by atoms with Crippen LogP contribution in [-0.2, 0) is 21.4 Å². The van der Waals surface area contributed by atoms with Crippen LogP contribution < -0.4 is 0 Å². The first-order valence-corrected chi connectivity index (χ1v) is 8.83. The van der Waals surface area contributed by atoms with Gasteiger partial charge in [0.1, 0.15) is 5.76 Å². The minimum Gasteiger partial charge on any atom is -0.481 e. The van der Waals surface area contributed by atoms with E-state index in [-0.39, 0.29) is 31.2 Å². The number of hydrogen-bond donors (Lipinski definition) is 1. The van der Waals surface area contributed by atoms with Crippen molar-refractivity contribution in [3.8, 4) is 0 Å². The van der Waals surface area contributed by atoms with E-state index in [1.165, 1.54) is 10.6 Å². The molecule has 0 unspecified atom stereocenters. The Hall–Kier alpha value is -1.34. The number of carboxylic acid groups (broad SMARTS) is 1. The molecule has 21 heavy (non-hydrogen) atoms. The van der Waals surface area contributed by atoms with E-state index in [1.54, 1.807) is 12.1 Å². The zero-order chi connectivity index (χ0) is 15.3. The van der Waals surface area contributed by atoms with Crippen molar-refractivity contribution in [1.82, 2.24) is 4.31 Å². The molecule has 0 radical (unpaired) electrons. The van der Waals surface area contributed by atoms with E-state index < -0.39 is 16.0 Å². The van der Waals surface area contributed by atoms with E-state index in [0.717, 1.165) is 25.7 Å². The fourth-order valence-corrected chi connectivity index (χ4v) is 4.46. The molecule has 118 valence electrons. The van der Waals surface area contributed by atoms with Crippen LogP contribution in [0.15, 0.2) is 22.8 Å². The van der Waals surface area contributed by atoms with E-state index in [2.05, 4.69) is 0 Å². The Morgan fingerprint density at radius 1 is 1.38 bits per heavy atom. The summed E-state index contributed by atoms with van der Waals surface area (Å²) in [5, 5.41) is 8.64. The van der Waals surface area contributed by atoms with Gasteiger partial charge >= 0.3 is 5.97 Å². The summed E-state index contributed by atoms with van der Waals surface area (Å²) in [4.78, 5) is 10.5. The maximum absolute atomic E-state index is 12.5. The van der Waals surface area contributed by atoms with Crippen molar-refractivity contribution in [2.24, 2.45) is 0 Å². The van der Waals surface area contributed by atoms with Gasteiger partial charge in [0, 0.05) is 12.5 Å². The predicted octanol–water partition coefficient (Wildman–Crippen LogP) is 2.22. The van der Waals surface area contributed by atoms with Crippen molar-refractivity contribution in [2.75, 3.05) is 5.75 Å². The normalized spacial score (nSPS) is 16.6. The first-order valence-electron chi connectivity index (χ1n) is 7.23. The summed E-state index contributed by atoms with van der Waals surface area (Å²) in [6, 6.07) is 3.50. The van der Waals surface area contributed by atoms with Gasteiger partial charge in [-0.3, -0.25) is 4.79 Å². The van der Waals surface area contributed by atoms with Crippen molar-refractivity contribution in [2.45, 2.75) is 51.1 Å². The van der Waals surface area contributed by atoms with Crippen molar-refractivity contribution in [3.63, 3.8) is 0 Å². The summed E-state index contributed by atoms with van der Waals surface area (Å²) in [6.07, 6.45) is 5.32. The monoisotopic (exact) mass is 315 g/mol. The molecule has 1 fully saturated rings. The lowest BCUT2D eigenvalue weighted by Crippen LogP contribution is -2.39. The number of furan rings is 1. The number of rotatable bonds is 8. The topological polar surface area (TPSA) is 87.8 Å². The highest BCUT2D eigenvalue weighted by Gasteiger charge is 2.32. The molecule has 0 aromatic carbocycles. The second-order valence-corrected chi connectivity index (χ2v) is 7.42. The minimum atomic E-state index is -3.47. The van der Waals surface area contributed by atoms with Crippen LogP contribution in [0.2, 0.25) is 0 Å². The van der Waals surface area contributed by atoms with E-state index in [1.807, 2.05) is 0 Å². The lowest BCUT2D eigenvalue weighted by atomic mass is 10.2. The summed E-state index contributed by atoms with van der Waals surface area (Å²) < 4.78 is 31.8. The SMILES string of the molecule is O=C(O)CCCS(=O)(=O)N(Cc1ccco1)C1CCCC1. The lowest BCUT2D eigenvalue weighted by Gasteiger charge is -2.27. The largest absolute Gasteiger partial charge is 0.481 e. The van der Waals surface area contributed by atoms with Gasteiger partial charge in [0.15, 0.2) is 0 Å². The van der Waals surface area contributed by atoms with E-state index >= 15 is 0 Å². The highest BCUT2D eigenvalue weighted by atomic mass is 32.2. The third-order valence-electron chi connectivity index (χ3n) is 3.77. The molecule has 0 bridgehead atoms. The van der Waals surface area contributed by atoms with Crippen molar-refractivity contribution < 1.29 is 22.7 Å². The second-order valence-electron chi connectivity index (χ2n) is 5.38. The fraction of sp³-hybridized carbons (Fsp3) is 0.643. The lowest BCUT2D eigenvalue weighted by molar-refractivity contribution is -0.137. The van der Waals surface area contributed by atoms with E-state index in [9.17, 15) is 13.2 Å². The van der Waals surface area contributed by atoms with Gasteiger partial charge in [-0.25, -0.2) is 8.42 Å². The highest BCUT2D eigenvalue weighted by Crippen LogP contribution is 2.28. The molecule has 2 rings (SSSR count). The number of nitrogens with zero attached hydrogens (tertiary/aromatic N) is 1. The molecule has 1 heterocycles. The van der Waals surface area contributed by atoms with Crippen LogP contribution in [0, 0.1) is 0 Å². The molecule has 0 aliphatic heterocycles. The molecule has 1 aromatic rings. The third-order valence-corrected chi connectivity index (χ3v) is 5.72. The van der Waals surface area contributed by atoms with Gasteiger partial charge in [-0.1, -0.05) is 12.8 Å². The average molecular weight is 315 g/mol. The maximum Gasteiger partial charge on any atom is 0.303 e. The molecule has 6 nitrogen and oxygen atoms in total. The van der Waals surface area contributed by atoms with Gasteiger partial charge < -0.3 is 9.52 Å². The highest BCUT2D eigenvalue weighted by molar-refractivity contribution is 7.89. The molecule has 1 aromatic heterocycles. The molecule has 1 aliphatic carbocycles. The van der Waals surface area contributed by atoms with Crippen LogP contribution in [-0.4, -0.2) is 35.6 Å². The second kappa shape index (κ2) is 7.09. The molecule has 1 aliphatic rings. The third kappa shape index (κ3) is 4.57. The number of carbonyl (C=O) groups is 1. The summed E-state index contributed by atoms with van der Waals surface area (Å²) >= 11 is 0. The molecule has 7 heteroatoms. The smallest absolute Gasteiger partial charge is 0.303 e. The Kier molecular flexibility index (Phi) is 5.41. The van der Waals surface area contributed by atoms with Crippen LogP contribution >= 0.6 is 0 Å².